The first-order valence-electron chi connectivity index (χ1n) is 5.07. The van der Waals surface area contributed by atoms with Gasteiger partial charge in [-0.2, -0.15) is 0 Å². The van der Waals surface area contributed by atoms with Crippen molar-refractivity contribution >= 4 is 22.6 Å². The van der Waals surface area contributed by atoms with Gasteiger partial charge >= 0.3 is 0 Å². The molecular weight excluding hydrogens is 263 g/mol. The summed E-state index contributed by atoms with van der Waals surface area (Å²) in [7, 11) is 0. The van der Waals surface area contributed by atoms with Crippen molar-refractivity contribution in [3.05, 3.63) is 0 Å². The molecule has 0 bridgehead atoms. The first kappa shape index (κ1) is 12.7. The quantitative estimate of drug-likeness (QED) is 0.359. The Morgan fingerprint density at radius 2 is 1.50 bits per heavy atom. The van der Waals surface area contributed by atoms with Crippen LogP contribution in [0.15, 0.2) is 0 Å². The second kappa shape index (κ2) is 9.78. The predicted molar refractivity (Wildman–Crippen MR) is 61.1 cm³/mol. The molecule has 0 rings (SSSR count). The lowest BCUT2D eigenvalue weighted by atomic mass is 10.1. The zero-order valence-corrected chi connectivity index (χ0v) is 10.2. The Kier molecular flexibility index (Phi) is 10.3. The molecule has 0 aromatic carbocycles. The van der Waals surface area contributed by atoms with Crippen LogP contribution in [-0.4, -0.2) is 4.11 Å². The number of alkyl halides is 1. The summed E-state index contributed by atoms with van der Waals surface area (Å²) < 4.78 is -0.377. The molecule has 0 aliphatic rings. The van der Waals surface area contributed by atoms with Crippen LogP contribution in [0.2, 0.25) is 0 Å². The summed E-state index contributed by atoms with van der Waals surface area (Å²) in [6.45, 7) is 2.23. The van der Waals surface area contributed by atoms with Crippen LogP contribution in [0.1, 0.15) is 58.3 Å². The van der Waals surface area contributed by atoms with Crippen molar-refractivity contribution in [1.29, 1.82) is 0 Å². The van der Waals surface area contributed by atoms with E-state index in [1.807, 2.05) is 22.6 Å². The van der Waals surface area contributed by atoms with Gasteiger partial charge in [-0.05, 0) is 35.4 Å². The van der Waals surface area contributed by atoms with Crippen LogP contribution >= 0.6 is 22.6 Å². The third-order valence-electron chi connectivity index (χ3n) is 2.03. The highest BCUT2D eigenvalue weighted by Crippen LogP contribution is 2.12. The minimum atomic E-state index is -0.377. The van der Waals surface area contributed by atoms with Crippen LogP contribution in [0.25, 0.3) is 0 Å². The van der Waals surface area contributed by atoms with E-state index in [9.17, 15) is 5.11 Å². The van der Waals surface area contributed by atoms with Gasteiger partial charge in [-0.25, -0.2) is 5.11 Å². The minimum Gasteiger partial charge on any atom is -0.222 e. The molecule has 1 atom stereocenters. The maximum absolute atomic E-state index is 10.6. The van der Waals surface area contributed by atoms with Crippen molar-refractivity contribution in [2.75, 3.05) is 0 Å². The van der Waals surface area contributed by atoms with E-state index in [2.05, 4.69) is 6.92 Å². The van der Waals surface area contributed by atoms with Crippen molar-refractivity contribution in [2.45, 2.75) is 62.4 Å². The molecule has 0 aliphatic carbocycles. The summed E-state index contributed by atoms with van der Waals surface area (Å²) in [5.41, 5.74) is 0. The van der Waals surface area contributed by atoms with E-state index < -0.39 is 0 Å². The molecule has 1 unspecified atom stereocenters. The van der Waals surface area contributed by atoms with Crippen LogP contribution < -0.4 is 0 Å². The molecule has 0 saturated heterocycles. The Hall–Kier alpha value is 0.690. The standard InChI is InChI=1S/C10H20IO/c1-2-3-4-5-6-7-8-9-10(11)12/h10H,2-9H2,1H3. The van der Waals surface area contributed by atoms with E-state index in [1.165, 1.54) is 38.5 Å². The fourth-order valence-corrected chi connectivity index (χ4v) is 1.70. The number of hydrogen-bond donors (Lipinski definition) is 0. The topological polar surface area (TPSA) is 19.9 Å². The summed E-state index contributed by atoms with van der Waals surface area (Å²) in [5.74, 6) is 0. The van der Waals surface area contributed by atoms with Crippen molar-refractivity contribution in [2.24, 2.45) is 0 Å². The Morgan fingerprint density at radius 3 is 2.00 bits per heavy atom. The van der Waals surface area contributed by atoms with E-state index in [0.717, 1.165) is 12.8 Å². The molecule has 0 spiro atoms. The Labute approximate surface area is 90.1 Å². The van der Waals surface area contributed by atoms with Gasteiger partial charge in [-0.15, -0.1) is 0 Å². The number of unbranched alkanes of at least 4 members (excludes halogenated alkanes) is 6. The molecule has 0 aromatic rings. The van der Waals surface area contributed by atoms with Gasteiger partial charge in [0.25, 0.3) is 0 Å². The molecule has 0 aliphatic heterocycles. The van der Waals surface area contributed by atoms with Crippen LogP contribution in [0.4, 0.5) is 0 Å². The Bertz CT molecular complexity index is 83.9. The second-order valence-corrected chi connectivity index (χ2v) is 4.71. The average molecular weight is 283 g/mol. The van der Waals surface area contributed by atoms with E-state index >= 15 is 0 Å². The lowest BCUT2D eigenvalue weighted by Crippen LogP contribution is -1.91. The van der Waals surface area contributed by atoms with Gasteiger partial charge in [0.15, 0.2) is 0 Å². The maximum Gasteiger partial charge on any atom is 0.144 e. The van der Waals surface area contributed by atoms with Crippen LogP contribution in [0, 0.1) is 0 Å². The highest BCUT2D eigenvalue weighted by Gasteiger charge is 1.98. The fraction of sp³-hybridized carbons (Fsp3) is 1.00. The summed E-state index contributed by atoms with van der Waals surface area (Å²) >= 11 is 1.96. The molecule has 0 N–H and O–H groups in total. The third-order valence-corrected chi connectivity index (χ3v) is 2.66. The van der Waals surface area contributed by atoms with E-state index in [1.54, 1.807) is 0 Å². The van der Waals surface area contributed by atoms with Crippen LogP contribution in [0.5, 0.6) is 0 Å². The molecule has 73 valence electrons. The zero-order chi connectivity index (χ0) is 9.23. The molecule has 0 heterocycles. The lowest BCUT2D eigenvalue weighted by Gasteiger charge is -2.00. The van der Waals surface area contributed by atoms with Gasteiger partial charge in [-0.1, -0.05) is 45.4 Å². The van der Waals surface area contributed by atoms with Crippen molar-refractivity contribution < 1.29 is 5.11 Å². The lowest BCUT2D eigenvalue weighted by molar-refractivity contribution is 0.168. The SMILES string of the molecule is CCCCCCCCCC([O])I. The second-order valence-electron chi connectivity index (χ2n) is 3.32. The third kappa shape index (κ3) is 10.7. The number of halogens is 1. The fourth-order valence-electron chi connectivity index (χ4n) is 1.26. The highest BCUT2D eigenvalue weighted by molar-refractivity contribution is 14.1. The average Bonchev–Trinajstić information content (AvgIpc) is 2.02. The molecular formula is C10H20IO. The summed E-state index contributed by atoms with van der Waals surface area (Å²) in [6.07, 6.45) is 9.99. The molecule has 0 fully saturated rings. The molecule has 1 radical (unpaired) electrons. The molecule has 0 amide bonds. The van der Waals surface area contributed by atoms with Crippen molar-refractivity contribution in [1.82, 2.24) is 0 Å². The van der Waals surface area contributed by atoms with Gasteiger partial charge in [0, 0.05) is 0 Å². The Balaban J connectivity index is 2.82. The largest absolute Gasteiger partial charge is 0.222 e. The van der Waals surface area contributed by atoms with Crippen molar-refractivity contribution in [3.63, 3.8) is 0 Å². The summed E-state index contributed by atoms with van der Waals surface area (Å²) in [5, 5.41) is 10.6. The molecule has 1 nitrogen and oxygen atoms in total. The smallest absolute Gasteiger partial charge is 0.144 e. The Morgan fingerprint density at radius 1 is 1.00 bits per heavy atom. The first-order chi connectivity index (χ1) is 5.77. The van der Waals surface area contributed by atoms with E-state index in [4.69, 9.17) is 0 Å². The minimum absolute atomic E-state index is 0.377. The molecule has 12 heavy (non-hydrogen) atoms. The van der Waals surface area contributed by atoms with Gasteiger partial charge in [0.1, 0.15) is 4.11 Å². The predicted octanol–water partition coefficient (Wildman–Crippen LogP) is 4.32. The highest BCUT2D eigenvalue weighted by atomic mass is 127. The number of hydrogen-bond acceptors (Lipinski definition) is 0. The maximum atomic E-state index is 10.6. The van der Waals surface area contributed by atoms with Gasteiger partial charge in [0.05, 0.1) is 0 Å². The molecule has 0 saturated carbocycles. The number of rotatable bonds is 8. The molecule has 0 aromatic heterocycles. The summed E-state index contributed by atoms with van der Waals surface area (Å²) in [4.78, 5) is 0. The van der Waals surface area contributed by atoms with Gasteiger partial charge in [-0.3, -0.25) is 0 Å². The van der Waals surface area contributed by atoms with Crippen molar-refractivity contribution in [3.8, 4) is 0 Å². The normalized spacial score (nSPS) is 13.2. The summed E-state index contributed by atoms with van der Waals surface area (Å²) in [6, 6.07) is 0. The van der Waals surface area contributed by atoms with E-state index in [-0.39, 0.29) is 4.11 Å². The zero-order valence-electron chi connectivity index (χ0n) is 8.02. The monoisotopic (exact) mass is 283 g/mol. The van der Waals surface area contributed by atoms with E-state index in [0.29, 0.717) is 0 Å². The van der Waals surface area contributed by atoms with Crippen LogP contribution in [-0.2, 0) is 5.11 Å². The molecule has 2 heteroatoms. The first-order valence-corrected chi connectivity index (χ1v) is 6.31. The van der Waals surface area contributed by atoms with Gasteiger partial charge in [0.2, 0.25) is 0 Å². The van der Waals surface area contributed by atoms with Crippen LogP contribution in [0.3, 0.4) is 0 Å². The van der Waals surface area contributed by atoms with Gasteiger partial charge < -0.3 is 0 Å².